The van der Waals surface area contributed by atoms with Crippen molar-refractivity contribution in [2.45, 2.75) is 40.5 Å². The van der Waals surface area contributed by atoms with Crippen LogP contribution in [0.3, 0.4) is 0 Å². The first-order valence-electron chi connectivity index (χ1n) is 6.13. The summed E-state index contributed by atoms with van der Waals surface area (Å²) in [5.41, 5.74) is 0.773. The summed E-state index contributed by atoms with van der Waals surface area (Å²) in [6.45, 7) is 9.86. The molecule has 1 aromatic rings. The van der Waals surface area contributed by atoms with Crippen LogP contribution in [-0.2, 0) is 0 Å². The van der Waals surface area contributed by atoms with Gasteiger partial charge in [0.25, 0.3) is 5.91 Å². The summed E-state index contributed by atoms with van der Waals surface area (Å²) >= 11 is 0. The van der Waals surface area contributed by atoms with Crippen molar-refractivity contribution in [3.63, 3.8) is 0 Å². The number of aliphatic hydroxyl groups excluding tert-OH is 1. The molecule has 1 heterocycles. The summed E-state index contributed by atoms with van der Waals surface area (Å²) in [6.07, 6.45) is 0. The number of amides is 1. The smallest absolute Gasteiger partial charge is 0.256 e. The Kier molecular flexibility index (Phi) is 4.51. The van der Waals surface area contributed by atoms with E-state index in [0.717, 1.165) is 0 Å². The fourth-order valence-electron chi connectivity index (χ4n) is 1.52. The number of hydrogen-bond acceptors (Lipinski definition) is 4. The number of aliphatic hydroxyl groups is 1. The molecule has 0 aliphatic heterocycles. The van der Waals surface area contributed by atoms with Crippen LogP contribution in [0.2, 0.25) is 0 Å². The van der Waals surface area contributed by atoms with Gasteiger partial charge in [-0.1, -0.05) is 32.9 Å². The van der Waals surface area contributed by atoms with E-state index >= 15 is 0 Å². The predicted molar refractivity (Wildman–Crippen MR) is 68.5 cm³/mol. The lowest BCUT2D eigenvalue weighted by Gasteiger charge is -2.21. The molecule has 0 radical (unpaired) electrons. The Bertz CT molecular complexity index is 422. The van der Waals surface area contributed by atoms with Gasteiger partial charge in [-0.05, 0) is 6.92 Å². The third kappa shape index (κ3) is 3.32. The Labute approximate surface area is 108 Å². The largest absolute Gasteiger partial charge is 0.396 e. The highest BCUT2D eigenvalue weighted by Gasteiger charge is 2.24. The van der Waals surface area contributed by atoms with Gasteiger partial charge < -0.3 is 14.9 Å². The van der Waals surface area contributed by atoms with Crippen molar-refractivity contribution in [3.05, 3.63) is 17.0 Å². The number of aromatic nitrogens is 1. The van der Waals surface area contributed by atoms with Crippen molar-refractivity contribution in [3.8, 4) is 0 Å². The van der Waals surface area contributed by atoms with Crippen LogP contribution in [0.4, 0.5) is 0 Å². The fourth-order valence-corrected chi connectivity index (χ4v) is 1.52. The Morgan fingerprint density at radius 1 is 1.50 bits per heavy atom. The first-order chi connectivity index (χ1) is 8.28. The van der Waals surface area contributed by atoms with Gasteiger partial charge in [0.05, 0.1) is 5.69 Å². The zero-order chi connectivity index (χ0) is 13.9. The van der Waals surface area contributed by atoms with Gasteiger partial charge in [0.1, 0.15) is 5.56 Å². The molecule has 5 heteroatoms. The van der Waals surface area contributed by atoms with Crippen molar-refractivity contribution in [2.75, 3.05) is 13.2 Å². The van der Waals surface area contributed by atoms with E-state index in [1.165, 1.54) is 0 Å². The second-order valence-electron chi connectivity index (χ2n) is 5.67. The zero-order valence-corrected chi connectivity index (χ0v) is 11.7. The summed E-state index contributed by atoms with van der Waals surface area (Å²) in [7, 11) is 0. The van der Waals surface area contributed by atoms with E-state index < -0.39 is 0 Å². The molecule has 0 saturated carbocycles. The molecule has 102 valence electrons. The van der Waals surface area contributed by atoms with Crippen LogP contribution in [0.5, 0.6) is 0 Å². The third-order valence-corrected chi connectivity index (χ3v) is 2.80. The predicted octanol–water partition coefficient (Wildman–Crippen LogP) is 1.85. The summed E-state index contributed by atoms with van der Waals surface area (Å²) in [5.74, 6) is 0.517. The second kappa shape index (κ2) is 5.52. The molecular formula is C13H22N2O3. The van der Waals surface area contributed by atoms with Gasteiger partial charge in [0.2, 0.25) is 0 Å². The van der Waals surface area contributed by atoms with Crippen LogP contribution in [0, 0.1) is 12.3 Å². The monoisotopic (exact) mass is 254 g/mol. The van der Waals surface area contributed by atoms with Crippen LogP contribution in [0.1, 0.15) is 55.4 Å². The van der Waals surface area contributed by atoms with E-state index in [1.54, 1.807) is 6.92 Å². The molecule has 18 heavy (non-hydrogen) atoms. The second-order valence-corrected chi connectivity index (χ2v) is 5.67. The number of carbonyl (C=O) groups is 1. The van der Waals surface area contributed by atoms with E-state index in [9.17, 15) is 4.79 Å². The molecule has 0 unspecified atom stereocenters. The van der Waals surface area contributed by atoms with Gasteiger partial charge in [-0.3, -0.25) is 4.79 Å². The molecule has 0 fully saturated rings. The zero-order valence-electron chi connectivity index (χ0n) is 11.7. The lowest BCUT2D eigenvalue weighted by molar-refractivity contribution is 0.0908. The third-order valence-electron chi connectivity index (χ3n) is 2.80. The molecule has 1 amide bonds. The molecular weight excluding hydrogens is 232 g/mol. The maximum absolute atomic E-state index is 12.1. The highest BCUT2D eigenvalue weighted by molar-refractivity contribution is 5.96. The quantitative estimate of drug-likeness (QED) is 0.841. The first kappa shape index (κ1) is 14.7. The summed E-state index contributed by atoms with van der Waals surface area (Å²) in [4.78, 5) is 12.1. The van der Waals surface area contributed by atoms with Crippen LogP contribution >= 0.6 is 0 Å². The SMILES string of the molecule is Cc1noc(C(C)C)c1C(=O)NCC(C)(C)CO. The molecule has 0 aliphatic rings. The molecule has 2 N–H and O–H groups in total. The highest BCUT2D eigenvalue weighted by atomic mass is 16.5. The number of hydrogen-bond donors (Lipinski definition) is 2. The number of carbonyl (C=O) groups excluding carboxylic acids is 1. The van der Waals surface area contributed by atoms with Crippen molar-refractivity contribution >= 4 is 5.91 Å². The van der Waals surface area contributed by atoms with Crippen LogP contribution in [-0.4, -0.2) is 29.3 Å². The molecule has 0 aliphatic carbocycles. The molecule has 1 rings (SSSR count). The summed E-state index contributed by atoms with van der Waals surface area (Å²) < 4.78 is 5.18. The Balaban J connectivity index is 2.82. The van der Waals surface area contributed by atoms with E-state index in [4.69, 9.17) is 9.63 Å². The van der Waals surface area contributed by atoms with E-state index in [-0.39, 0.29) is 23.8 Å². The standard InChI is InChI=1S/C13H22N2O3/c1-8(2)11-10(9(3)15-18-11)12(17)14-6-13(4,5)7-16/h8,16H,6-7H2,1-5H3,(H,14,17). The van der Waals surface area contributed by atoms with Crippen LogP contribution < -0.4 is 5.32 Å². The normalized spacial score (nSPS) is 11.9. The van der Waals surface area contributed by atoms with Crippen molar-refractivity contribution in [2.24, 2.45) is 5.41 Å². The van der Waals surface area contributed by atoms with Gasteiger partial charge in [0, 0.05) is 24.5 Å². The first-order valence-corrected chi connectivity index (χ1v) is 6.13. The minimum Gasteiger partial charge on any atom is -0.396 e. The molecule has 0 bridgehead atoms. The number of rotatable bonds is 5. The topological polar surface area (TPSA) is 75.4 Å². The molecule has 0 saturated heterocycles. The molecule has 1 aromatic heterocycles. The molecule has 0 aromatic carbocycles. The van der Waals surface area contributed by atoms with E-state index in [2.05, 4.69) is 10.5 Å². The molecule has 0 atom stereocenters. The Hall–Kier alpha value is -1.36. The van der Waals surface area contributed by atoms with Crippen molar-refractivity contribution in [1.29, 1.82) is 0 Å². The summed E-state index contributed by atoms with van der Waals surface area (Å²) in [5, 5.41) is 15.8. The highest BCUT2D eigenvalue weighted by Crippen LogP contribution is 2.22. The van der Waals surface area contributed by atoms with Crippen LogP contribution in [0.15, 0.2) is 4.52 Å². The molecule has 5 nitrogen and oxygen atoms in total. The van der Waals surface area contributed by atoms with Gasteiger partial charge in [-0.25, -0.2) is 0 Å². The average Bonchev–Trinajstić information content (AvgIpc) is 2.68. The van der Waals surface area contributed by atoms with Gasteiger partial charge in [0.15, 0.2) is 5.76 Å². The Morgan fingerprint density at radius 2 is 2.11 bits per heavy atom. The van der Waals surface area contributed by atoms with Gasteiger partial charge in [-0.15, -0.1) is 0 Å². The van der Waals surface area contributed by atoms with Crippen molar-refractivity contribution in [1.82, 2.24) is 10.5 Å². The number of nitrogens with zero attached hydrogens (tertiary/aromatic N) is 1. The fraction of sp³-hybridized carbons (Fsp3) is 0.692. The maximum atomic E-state index is 12.1. The maximum Gasteiger partial charge on any atom is 0.256 e. The van der Waals surface area contributed by atoms with E-state index in [1.807, 2.05) is 27.7 Å². The Morgan fingerprint density at radius 3 is 2.61 bits per heavy atom. The summed E-state index contributed by atoms with van der Waals surface area (Å²) in [6, 6.07) is 0. The average molecular weight is 254 g/mol. The van der Waals surface area contributed by atoms with Gasteiger partial charge >= 0.3 is 0 Å². The van der Waals surface area contributed by atoms with Crippen LogP contribution in [0.25, 0.3) is 0 Å². The van der Waals surface area contributed by atoms with E-state index in [0.29, 0.717) is 23.6 Å². The molecule has 0 spiro atoms. The van der Waals surface area contributed by atoms with Gasteiger partial charge in [-0.2, -0.15) is 0 Å². The van der Waals surface area contributed by atoms with Crippen molar-refractivity contribution < 1.29 is 14.4 Å². The lowest BCUT2D eigenvalue weighted by Crippen LogP contribution is -2.36. The minimum atomic E-state index is -0.335. The minimum absolute atomic E-state index is 0.0208. The lowest BCUT2D eigenvalue weighted by atomic mass is 9.94. The number of nitrogens with one attached hydrogen (secondary N) is 1. The number of aryl methyl sites for hydroxylation is 1.